The minimum Gasteiger partial charge on any atom is -0.545 e. The molecule has 3 aromatic carbocycles. The number of aromatic nitrogens is 6. The van der Waals surface area contributed by atoms with Gasteiger partial charge in [-0.15, -0.1) is 10.2 Å². The van der Waals surface area contributed by atoms with Gasteiger partial charge in [-0.2, -0.15) is 10.2 Å². The van der Waals surface area contributed by atoms with Crippen molar-refractivity contribution >= 4 is 17.0 Å². The molecule has 0 radical (unpaired) electrons. The standard InChI is InChI=1S/C24H20N6O3.Na/c1-2-33-24-25-20-9-5-8-19(23(31)32)21(20)30(24)14-15-10-12-16(13-11-15)17-6-3-4-7-18(17)22-26-28-29-27-22;/h3-13H,2,14H2,1H3,(H,31,32)(H,26,27,28,29);/q;+1/p-1. The third kappa shape index (κ3) is 4.45. The molecule has 2 heterocycles. The van der Waals surface area contributed by atoms with Gasteiger partial charge in [-0.05, 0) is 34.9 Å². The Hall–Kier alpha value is -3.53. The van der Waals surface area contributed by atoms with Crippen molar-refractivity contribution < 1.29 is 44.2 Å². The zero-order valence-corrected chi connectivity index (χ0v) is 20.7. The third-order valence-electron chi connectivity index (χ3n) is 5.34. The van der Waals surface area contributed by atoms with Crippen LogP contribution in [-0.4, -0.2) is 42.8 Å². The van der Waals surface area contributed by atoms with Crippen LogP contribution in [0.1, 0.15) is 22.8 Å². The van der Waals surface area contributed by atoms with E-state index in [4.69, 9.17) is 4.74 Å². The van der Waals surface area contributed by atoms with Crippen molar-refractivity contribution in [1.82, 2.24) is 30.2 Å². The molecule has 0 aliphatic carbocycles. The summed E-state index contributed by atoms with van der Waals surface area (Å²) in [5.74, 6) is -0.728. The van der Waals surface area contributed by atoms with Crippen molar-refractivity contribution in [3.8, 4) is 28.5 Å². The summed E-state index contributed by atoms with van der Waals surface area (Å²) in [6.45, 7) is 2.66. The molecular formula is C24H19N6NaO3. The maximum absolute atomic E-state index is 11.7. The molecule has 0 bridgehead atoms. The number of aromatic carboxylic acids is 1. The summed E-state index contributed by atoms with van der Waals surface area (Å²) >= 11 is 0. The molecule has 164 valence electrons. The van der Waals surface area contributed by atoms with Crippen molar-refractivity contribution in [1.29, 1.82) is 0 Å². The number of ether oxygens (including phenoxy) is 1. The van der Waals surface area contributed by atoms with E-state index in [1.807, 2.05) is 55.5 Å². The molecule has 5 rings (SSSR count). The molecule has 0 spiro atoms. The van der Waals surface area contributed by atoms with E-state index >= 15 is 0 Å². The molecule has 0 unspecified atom stereocenters. The average molecular weight is 462 g/mol. The van der Waals surface area contributed by atoms with Crippen LogP contribution in [0.3, 0.4) is 0 Å². The first-order valence-corrected chi connectivity index (χ1v) is 10.4. The minimum atomic E-state index is -1.25. The SMILES string of the molecule is CCOc1nc2cccc(C(=O)[O-])c2n1Cc1ccc(-c2ccccc2-c2nn[nH]n2)cc1.[Na+]. The van der Waals surface area contributed by atoms with Crippen LogP contribution in [0.15, 0.2) is 66.7 Å². The number of carbonyl (C=O) groups excluding carboxylic acids is 1. The van der Waals surface area contributed by atoms with Gasteiger partial charge in [0.05, 0.1) is 30.2 Å². The number of tetrazole rings is 1. The van der Waals surface area contributed by atoms with E-state index in [9.17, 15) is 9.90 Å². The maximum atomic E-state index is 11.7. The normalized spacial score (nSPS) is 10.7. The first-order chi connectivity index (χ1) is 16.2. The van der Waals surface area contributed by atoms with Crippen molar-refractivity contribution in [2.45, 2.75) is 13.5 Å². The van der Waals surface area contributed by atoms with Crippen LogP contribution in [0.5, 0.6) is 6.01 Å². The first-order valence-electron chi connectivity index (χ1n) is 10.4. The Morgan fingerprint density at radius 3 is 2.47 bits per heavy atom. The smallest absolute Gasteiger partial charge is 0.545 e. The number of aromatic amines is 1. The van der Waals surface area contributed by atoms with Crippen LogP contribution in [0.2, 0.25) is 0 Å². The van der Waals surface area contributed by atoms with E-state index in [0.29, 0.717) is 36.0 Å². The fourth-order valence-corrected chi connectivity index (χ4v) is 3.89. The molecule has 0 aliphatic rings. The van der Waals surface area contributed by atoms with Gasteiger partial charge in [0, 0.05) is 11.1 Å². The van der Waals surface area contributed by atoms with Gasteiger partial charge in [0.2, 0.25) is 5.82 Å². The molecule has 0 saturated carbocycles. The molecule has 1 N–H and O–H groups in total. The number of rotatable bonds is 7. The second-order valence-corrected chi connectivity index (χ2v) is 7.35. The van der Waals surface area contributed by atoms with E-state index in [0.717, 1.165) is 22.3 Å². The topological polar surface area (TPSA) is 122 Å². The fourth-order valence-electron chi connectivity index (χ4n) is 3.89. The Morgan fingerprint density at radius 1 is 1.03 bits per heavy atom. The van der Waals surface area contributed by atoms with Gasteiger partial charge in [-0.1, -0.05) is 60.7 Å². The summed E-state index contributed by atoms with van der Waals surface area (Å²) in [6.07, 6.45) is 0. The number of hydrogen-bond donors (Lipinski definition) is 1. The van der Waals surface area contributed by atoms with Crippen LogP contribution >= 0.6 is 0 Å². The molecule has 5 aromatic rings. The van der Waals surface area contributed by atoms with Gasteiger partial charge >= 0.3 is 29.6 Å². The number of H-pyrrole nitrogens is 1. The van der Waals surface area contributed by atoms with Gasteiger partial charge in [0.1, 0.15) is 0 Å². The van der Waals surface area contributed by atoms with Crippen LogP contribution in [0, 0.1) is 0 Å². The second-order valence-electron chi connectivity index (χ2n) is 7.35. The molecule has 0 saturated heterocycles. The second kappa shape index (κ2) is 10.2. The monoisotopic (exact) mass is 462 g/mol. The summed E-state index contributed by atoms with van der Waals surface area (Å²) in [4.78, 5) is 16.2. The van der Waals surface area contributed by atoms with Gasteiger partial charge < -0.3 is 14.6 Å². The van der Waals surface area contributed by atoms with Gasteiger partial charge in [-0.3, -0.25) is 4.57 Å². The van der Waals surface area contributed by atoms with Gasteiger partial charge in [0.25, 0.3) is 6.01 Å². The Bertz CT molecular complexity index is 1430. The Kier molecular flexibility index (Phi) is 7.06. The fraction of sp³-hybridized carbons (Fsp3) is 0.125. The van der Waals surface area contributed by atoms with Gasteiger partial charge in [-0.25, -0.2) is 0 Å². The van der Waals surface area contributed by atoms with Crippen molar-refractivity contribution in [2.75, 3.05) is 6.61 Å². The number of nitrogens with zero attached hydrogens (tertiary/aromatic N) is 5. The maximum Gasteiger partial charge on any atom is 1.00 e. The quantitative estimate of drug-likeness (QED) is 0.330. The molecule has 10 heteroatoms. The molecule has 0 amide bonds. The van der Waals surface area contributed by atoms with Crippen LogP contribution in [0.4, 0.5) is 0 Å². The number of para-hydroxylation sites is 1. The number of carboxylic acid groups (broad SMARTS) is 1. The summed E-state index contributed by atoms with van der Waals surface area (Å²) in [5, 5.41) is 26.0. The van der Waals surface area contributed by atoms with E-state index in [2.05, 4.69) is 25.6 Å². The van der Waals surface area contributed by atoms with Crippen molar-refractivity contribution in [3.63, 3.8) is 0 Å². The van der Waals surface area contributed by atoms with Gasteiger partial charge in [0.15, 0.2) is 0 Å². The Balaban J connectivity index is 0.00000274. The third-order valence-corrected chi connectivity index (χ3v) is 5.34. The number of benzene rings is 3. The molecule has 0 atom stereocenters. The summed E-state index contributed by atoms with van der Waals surface area (Å²) in [5.41, 5.74) is 4.92. The van der Waals surface area contributed by atoms with E-state index in [1.54, 1.807) is 16.7 Å². The molecule has 0 aliphatic heterocycles. The molecular weight excluding hydrogens is 443 g/mol. The van der Waals surface area contributed by atoms with E-state index in [1.165, 1.54) is 6.07 Å². The Labute approximate surface area is 217 Å². The summed E-state index contributed by atoms with van der Waals surface area (Å²) in [6, 6.07) is 21.1. The van der Waals surface area contributed by atoms with Crippen LogP contribution in [-0.2, 0) is 6.54 Å². The molecule has 2 aromatic heterocycles. The van der Waals surface area contributed by atoms with E-state index < -0.39 is 5.97 Å². The number of carbonyl (C=O) groups is 1. The largest absolute Gasteiger partial charge is 1.00 e. The van der Waals surface area contributed by atoms with Crippen molar-refractivity contribution in [3.05, 3.63) is 77.9 Å². The zero-order chi connectivity index (χ0) is 22.8. The summed E-state index contributed by atoms with van der Waals surface area (Å²) in [7, 11) is 0. The number of hydrogen-bond acceptors (Lipinski definition) is 7. The first kappa shape index (κ1) is 23.6. The molecule has 0 fully saturated rings. The van der Waals surface area contributed by atoms with Crippen molar-refractivity contribution in [2.24, 2.45) is 0 Å². The number of fused-ring (bicyclic) bond motifs is 1. The average Bonchev–Trinajstić information content (AvgIpc) is 3.49. The molecule has 34 heavy (non-hydrogen) atoms. The minimum absolute atomic E-state index is 0. The number of nitrogens with one attached hydrogen (secondary N) is 1. The predicted octanol–water partition coefficient (Wildman–Crippen LogP) is -0.302. The van der Waals surface area contributed by atoms with Crippen LogP contribution < -0.4 is 39.4 Å². The van der Waals surface area contributed by atoms with E-state index in [-0.39, 0.29) is 35.1 Å². The van der Waals surface area contributed by atoms with Crippen LogP contribution in [0.25, 0.3) is 33.5 Å². The zero-order valence-electron chi connectivity index (χ0n) is 18.7. The molecule has 9 nitrogen and oxygen atoms in total. The number of imidazole rings is 1. The predicted molar refractivity (Wildman–Crippen MR) is 119 cm³/mol. The Morgan fingerprint density at radius 2 is 1.79 bits per heavy atom. The number of carboxylic acids is 1. The summed E-state index contributed by atoms with van der Waals surface area (Å²) < 4.78 is 7.46.